The Hall–Kier alpha value is -2.38. The Labute approximate surface area is 154 Å². The highest BCUT2D eigenvalue weighted by molar-refractivity contribution is 6.03. The van der Waals surface area contributed by atoms with Gasteiger partial charge in [-0.2, -0.15) is 13.2 Å². The third kappa shape index (κ3) is 3.00. The first-order chi connectivity index (χ1) is 12.4. The molecule has 1 fully saturated rings. The van der Waals surface area contributed by atoms with Crippen LogP contribution in [-0.2, 0) is 10.2 Å². The number of carbonyl (C=O) groups excluding carboxylic acids is 2. The van der Waals surface area contributed by atoms with E-state index in [9.17, 15) is 27.6 Å². The molecule has 1 heterocycles. The van der Waals surface area contributed by atoms with E-state index in [1.54, 1.807) is 6.07 Å². The number of carboxylic acids is 1. The monoisotopic (exact) mass is 383 g/mol. The van der Waals surface area contributed by atoms with E-state index in [0.29, 0.717) is 18.4 Å². The molecule has 8 heteroatoms. The summed E-state index contributed by atoms with van der Waals surface area (Å²) in [4.78, 5) is 37.1. The fraction of sp³-hybridized carbons (Fsp3) is 0.526. The van der Waals surface area contributed by atoms with E-state index in [1.165, 1.54) is 12.1 Å². The third-order valence-electron chi connectivity index (χ3n) is 5.78. The summed E-state index contributed by atoms with van der Waals surface area (Å²) in [5.41, 5.74) is -1.85. The number of carbonyl (C=O) groups is 3. The minimum atomic E-state index is -4.95. The molecule has 1 aliphatic heterocycles. The van der Waals surface area contributed by atoms with Gasteiger partial charge in [-0.15, -0.1) is 0 Å². The number of alkyl halides is 3. The normalized spacial score (nSPS) is 24.6. The van der Waals surface area contributed by atoms with Crippen molar-refractivity contribution in [3.8, 4) is 0 Å². The number of ketones is 1. The van der Waals surface area contributed by atoms with Gasteiger partial charge in [-0.05, 0) is 36.0 Å². The van der Waals surface area contributed by atoms with E-state index in [2.05, 4.69) is 0 Å². The molecule has 1 amide bonds. The number of carboxylic acid groups (broad SMARTS) is 1. The Morgan fingerprint density at radius 3 is 2.41 bits per heavy atom. The molecule has 1 atom stereocenters. The van der Waals surface area contributed by atoms with Gasteiger partial charge >= 0.3 is 12.1 Å². The van der Waals surface area contributed by atoms with Gasteiger partial charge in [0, 0.05) is 30.6 Å². The summed E-state index contributed by atoms with van der Waals surface area (Å²) in [6, 6.07) is 4.59. The fourth-order valence-electron chi connectivity index (χ4n) is 3.89. The number of rotatable bonds is 2. The molecule has 1 N–H and O–H groups in total. The van der Waals surface area contributed by atoms with Crippen LogP contribution in [0.4, 0.5) is 13.2 Å². The highest BCUT2D eigenvalue weighted by atomic mass is 19.4. The van der Waals surface area contributed by atoms with E-state index in [0.717, 1.165) is 10.5 Å². The number of likely N-dealkylation sites (tertiary alicyclic amines) is 1. The summed E-state index contributed by atoms with van der Waals surface area (Å²) in [7, 11) is 0. The fourth-order valence-corrected chi connectivity index (χ4v) is 3.89. The zero-order valence-electron chi connectivity index (χ0n) is 15.0. The van der Waals surface area contributed by atoms with E-state index in [-0.39, 0.29) is 23.3 Å². The maximum absolute atomic E-state index is 13.3. The molecule has 1 aliphatic carbocycles. The van der Waals surface area contributed by atoms with Crippen molar-refractivity contribution in [2.45, 2.75) is 44.7 Å². The SMILES string of the molecule is CC1(C)CCC(=O)c2cc(C(=O)N3CCC(C(=O)O)(C(F)(F)F)C3)ccc21. The molecule has 0 aromatic heterocycles. The van der Waals surface area contributed by atoms with Gasteiger partial charge in [0.05, 0.1) is 0 Å². The lowest BCUT2D eigenvalue weighted by atomic mass is 9.72. The van der Waals surface area contributed by atoms with Crippen LogP contribution in [0.1, 0.15) is 59.4 Å². The minimum Gasteiger partial charge on any atom is -0.481 e. The Morgan fingerprint density at radius 1 is 1.19 bits per heavy atom. The topological polar surface area (TPSA) is 74.7 Å². The lowest BCUT2D eigenvalue weighted by Crippen LogP contribution is -2.47. The molecule has 1 saturated heterocycles. The number of aliphatic carboxylic acids is 1. The predicted octanol–water partition coefficient (Wildman–Crippen LogP) is 3.42. The number of nitrogens with zero attached hydrogens (tertiary/aromatic N) is 1. The van der Waals surface area contributed by atoms with Crippen LogP contribution in [0.5, 0.6) is 0 Å². The summed E-state index contributed by atoms with van der Waals surface area (Å²) in [6.45, 7) is 2.75. The molecule has 0 radical (unpaired) electrons. The van der Waals surface area contributed by atoms with Crippen molar-refractivity contribution in [3.63, 3.8) is 0 Å². The molecule has 1 aromatic carbocycles. The first-order valence-electron chi connectivity index (χ1n) is 8.66. The smallest absolute Gasteiger partial charge is 0.406 e. The number of benzene rings is 1. The van der Waals surface area contributed by atoms with Crippen molar-refractivity contribution in [2.24, 2.45) is 5.41 Å². The Kier molecular flexibility index (Phi) is 4.36. The molecular weight excluding hydrogens is 363 g/mol. The molecule has 2 aliphatic rings. The number of fused-ring (bicyclic) bond motifs is 1. The summed E-state index contributed by atoms with van der Waals surface area (Å²) >= 11 is 0. The van der Waals surface area contributed by atoms with Gasteiger partial charge in [-0.25, -0.2) is 0 Å². The summed E-state index contributed by atoms with van der Waals surface area (Å²) in [6.07, 6.45) is -4.61. The molecule has 1 unspecified atom stereocenters. The number of hydrogen-bond donors (Lipinski definition) is 1. The van der Waals surface area contributed by atoms with Crippen LogP contribution >= 0.6 is 0 Å². The molecule has 0 saturated carbocycles. The van der Waals surface area contributed by atoms with Crippen molar-refractivity contribution in [3.05, 3.63) is 34.9 Å². The van der Waals surface area contributed by atoms with Crippen LogP contribution in [0.25, 0.3) is 0 Å². The molecule has 27 heavy (non-hydrogen) atoms. The van der Waals surface area contributed by atoms with Crippen LogP contribution < -0.4 is 0 Å². The lowest BCUT2D eigenvalue weighted by molar-refractivity contribution is -0.227. The second-order valence-electron chi connectivity index (χ2n) is 7.93. The number of amides is 1. The average Bonchev–Trinajstić information content (AvgIpc) is 3.04. The van der Waals surface area contributed by atoms with Crippen molar-refractivity contribution in [2.75, 3.05) is 13.1 Å². The maximum atomic E-state index is 13.3. The van der Waals surface area contributed by atoms with E-state index < -0.39 is 36.4 Å². The number of halogens is 3. The van der Waals surface area contributed by atoms with Crippen molar-refractivity contribution in [1.29, 1.82) is 0 Å². The molecule has 146 valence electrons. The summed E-state index contributed by atoms with van der Waals surface area (Å²) < 4.78 is 39.9. The molecule has 5 nitrogen and oxygen atoms in total. The zero-order valence-corrected chi connectivity index (χ0v) is 15.0. The number of hydrogen-bond acceptors (Lipinski definition) is 3. The van der Waals surface area contributed by atoms with Crippen molar-refractivity contribution < 1.29 is 32.7 Å². The molecule has 0 bridgehead atoms. The van der Waals surface area contributed by atoms with Crippen LogP contribution in [0, 0.1) is 5.41 Å². The average molecular weight is 383 g/mol. The minimum absolute atomic E-state index is 0.100. The van der Waals surface area contributed by atoms with Gasteiger partial charge in [-0.1, -0.05) is 19.9 Å². The highest BCUT2D eigenvalue weighted by Gasteiger charge is 2.64. The van der Waals surface area contributed by atoms with Gasteiger partial charge in [-0.3, -0.25) is 14.4 Å². The van der Waals surface area contributed by atoms with Gasteiger partial charge < -0.3 is 10.0 Å². The standard InChI is InChI=1S/C19H20F3NO4/c1-17(2)6-5-14(24)12-9-11(3-4-13(12)17)15(25)23-8-7-18(10-23,16(26)27)19(20,21)22/h3-4,9H,5-8,10H2,1-2H3,(H,26,27). The Balaban J connectivity index is 1.91. The highest BCUT2D eigenvalue weighted by Crippen LogP contribution is 2.46. The molecule has 1 aromatic rings. The number of Topliss-reactive ketones (excluding diaryl/α,β-unsaturated/α-hetero) is 1. The van der Waals surface area contributed by atoms with Crippen LogP contribution in [0.3, 0.4) is 0 Å². The molecular formula is C19H20F3NO4. The van der Waals surface area contributed by atoms with E-state index >= 15 is 0 Å². The van der Waals surface area contributed by atoms with Gasteiger partial charge in [0.1, 0.15) is 0 Å². The van der Waals surface area contributed by atoms with Crippen molar-refractivity contribution >= 4 is 17.7 Å². The van der Waals surface area contributed by atoms with Gasteiger partial charge in [0.2, 0.25) is 0 Å². The quantitative estimate of drug-likeness (QED) is 0.849. The first kappa shape index (κ1) is 19.4. The zero-order chi connectivity index (χ0) is 20.2. The van der Waals surface area contributed by atoms with Crippen LogP contribution in [-0.4, -0.2) is 46.9 Å². The lowest BCUT2D eigenvalue weighted by Gasteiger charge is -2.32. The van der Waals surface area contributed by atoms with Gasteiger partial charge in [0.25, 0.3) is 5.91 Å². The Morgan fingerprint density at radius 2 is 1.85 bits per heavy atom. The largest absolute Gasteiger partial charge is 0.481 e. The van der Waals surface area contributed by atoms with E-state index in [1.807, 2.05) is 13.8 Å². The molecule has 3 rings (SSSR count). The second-order valence-corrected chi connectivity index (χ2v) is 7.93. The second kappa shape index (κ2) is 6.07. The summed E-state index contributed by atoms with van der Waals surface area (Å²) in [5.74, 6) is -2.77. The van der Waals surface area contributed by atoms with Gasteiger partial charge in [0.15, 0.2) is 11.2 Å². The van der Waals surface area contributed by atoms with Crippen LogP contribution in [0.2, 0.25) is 0 Å². The maximum Gasteiger partial charge on any atom is 0.406 e. The predicted molar refractivity (Wildman–Crippen MR) is 89.7 cm³/mol. The summed E-state index contributed by atoms with van der Waals surface area (Å²) in [5, 5.41) is 9.12. The Bertz CT molecular complexity index is 831. The third-order valence-corrected chi connectivity index (χ3v) is 5.78. The van der Waals surface area contributed by atoms with Crippen molar-refractivity contribution in [1.82, 2.24) is 4.90 Å². The van der Waals surface area contributed by atoms with Crippen LogP contribution in [0.15, 0.2) is 18.2 Å². The molecule has 0 spiro atoms. The van der Waals surface area contributed by atoms with E-state index in [4.69, 9.17) is 5.11 Å². The first-order valence-corrected chi connectivity index (χ1v) is 8.66.